The monoisotopic (exact) mass is 204 g/mol. The Hall–Kier alpha value is 0.480. The number of alkyl halides is 1. The summed E-state index contributed by atoms with van der Waals surface area (Å²) in [4.78, 5) is 0. The highest BCUT2D eigenvalue weighted by Gasteiger charge is 2.14. The lowest BCUT2D eigenvalue weighted by molar-refractivity contribution is 0.481. The maximum absolute atomic E-state index is 3.57. The third-order valence-corrected chi connectivity index (χ3v) is 3.51. The smallest absolute Gasteiger partial charge is 0.00596 e. The first-order valence-electron chi connectivity index (χ1n) is 4.39. The van der Waals surface area contributed by atoms with Crippen molar-refractivity contribution in [3.8, 4) is 0 Å². The van der Waals surface area contributed by atoms with Crippen LogP contribution in [0.2, 0.25) is 0 Å². The van der Waals surface area contributed by atoms with Gasteiger partial charge in [-0.05, 0) is 24.7 Å². The van der Waals surface area contributed by atoms with Crippen LogP contribution in [0.1, 0.15) is 39.0 Å². The highest BCUT2D eigenvalue weighted by atomic mass is 79.9. The molecule has 2 atom stereocenters. The van der Waals surface area contributed by atoms with Gasteiger partial charge in [0.05, 0.1) is 0 Å². The molecule has 10 heavy (non-hydrogen) atoms. The molecule has 0 heterocycles. The average molecular weight is 205 g/mol. The Morgan fingerprint density at radius 3 is 2.70 bits per heavy atom. The van der Waals surface area contributed by atoms with Gasteiger partial charge in [-0.1, -0.05) is 42.1 Å². The zero-order valence-corrected chi connectivity index (χ0v) is 8.36. The van der Waals surface area contributed by atoms with Crippen LogP contribution in [0.15, 0.2) is 0 Å². The van der Waals surface area contributed by atoms with Crippen LogP contribution < -0.4 is 0 Å². The van der Waals surface area contributed by atoms with E-state index in [2.05, 4.69) is 22.9 Å². The normalized spacial score (nSPS) is 35.4. The largest absolute Gasteiger partial charge is 0.0925 e. The van der Waals surface area contributed by atoms with Gasteiger partial charge in [0, 0.05) is 5.33 Å². The molecule has 0 N–H and O–H groups in total. The van der Waals surface area contributed by atoms with Crippen LogP contribution >= 0.6 is 15.9 Å². The van der Waals surface area contributed by atoms with Crippen molar-refractivity contribution in [1.82, 2.24) is 0 Å². The van der Waals surface area contributed by atoms with Crippen molar-refractivity contribution in [2.45, 2.75) is 39.0 Å². The second kappa shape index (κ2) is 4.38. The van der Waals surface area contributed by atoms with E-state index < -0.39 is 0 Å². The molecule has 0 aliphatic heterocycles. The van der Waals surface area contributed by atoms with Gasteiger partial charge >= 0.3 is 0 Å². The molecule has 1 fully saturated rings. The van der Waals surface area contributed by atoms with Gasteiger partial charge < -0.3 is 0 Å². The summed E-state index contributed by atoms with van der Waals surface area (Å²) in [5.74, 6) is 1.97. The maximum atomic E-state index is 3.57. The molecule has 2 unspecified atom stereocenters. The van der Waals surface area contributed by atoms with E-state index in [-0.39, 0.29) is 0 Å². The third-order valence-electron chi connectivity index (χ3n) is 2.60. The molecule has 0 saturated heterocycles. The van der Waals surface area contributed by atoms with Crippen LogP contribution in [0.25, 0.3) is 0 Å². The molecular formula is C9H17Br. The van der Waals surface area contributed by atoms with Crippen LogP contribution in [0.5, 0.6) is 0 Å². The van der Waals surface area contributed by atoms with Gasteiger partial charge in [0.25, 0.3) is 0 Å². The van der Waals surface area contributed by atoms with Crippen molar-refractivity contribution < 1.29 is 0 Å². The fourth-order valence-corrected chi connectivity index (χ4v) is 2.37. The Balaban J connectivity index is 2.26. The van der Waals surface area contributed by atoms with E-state index in [9.17, 15) is 0 Å². The highest BCUT2D eigenvalue weighted by Crippen LogP contribution is 2.27. The molecule has 1 heteroatoms. The summed E-state index contributed by atoms with van der Waals surface area (Å²) in [5.41, 5.74) is 0. The molecule has 0 bridgehead atoms. The van der Waals surface area contributed by atoms with Crippen molar-refractivity contribution in [3.05, 3.63) is 0 Å². The average Bonchev–Trinajstić information content (AvgIpc) is 2.14. The van der Waals surface area contributed by atoms with Crippen molar-refractivity contribution in [3.63, 3.8) is 0 Å². The lowest BCUT2D eigenvalue weighted by Gasteiger charge is -2.08. The molecule has 0 radical (unpaired) electrons. The van der Waals surface area contributed by atoms with Gasteiger partial charge in [-0.3, -0.25) is 0 Å². The standard InChI is InChI=1S/C9H17Br/c1-8-3-2-4-9(7-10)6-5-8/h8-9H,2-7H2,1H3. The van der Waals surface area contributed by atoms with Gasteiger partial charge in [-0.2, -0.15) is 0 Å². The van der Waals surface area contributed by atoms with Crippen LogP contribution in [-0.2, 0) is 0 Å². The summed E-state index contributed by atoms with van der Waals surface area (Å²) in [5, 5.41) is 1.22. The maximum Gasteiger partial charge on any atom is 0.00596 e. The summed E-state index contributed by atoms with van der Waals surface area (Å²) in [6.07, 6.45) is 7.28. The SMILES string of the molecule is CC1CCCC(CBr)CC1. The van der Waals surface area contributed by atoms with Gasteiger partial charge in [0.15, 0.2) is 0 Å². The summed E-state index contributed by atoms with van der Waals surface area (Å²) >= 11 is 3.57. The molecule has 0 amide bonds. The summed E-state index contributed by atoms with van der Waals surface area (Å²) in [7, 11) is 0. The Morgan fingerprint density at radius 2 is 2.00 bits per heavy atom. The number of hydrogen-bond donors (Lipinski definition) is 0. The molecule has 1 aliphatic carbocycles. The third kappa shape index (κ3) is 2.61. The molecule has 0 aromatic carbocycles. The van der Waals surface area contributed by atoms with E-state index in [0.717, 1.165) is 11.8 Å². The number of halogens is 1. The summed E-state index contributed by atoms with van der Waals surface area (Å²) in [6, 6.07) is 0. The van der Waals surface area contributed by atoms with E-state index in [1.54, 1.807) is 0 Å². The predicted molar refractivity (Wildman–Crippen MR) is 49.5 cm³/mol. The number of hydrogen-bond acceptors (Lipinski definition) is 0. The molecule has 1 saturated carbocycles. The minimum Gasteiger partial charge on any atom is -0.0925 e. The topological polar surface area (TPSA) is 0 Å². The molecule has 60 valence electrons. The molecule has 1 rings (SSSR count). The molecule has 0 aromatic rings. The molecular weight excluding hydrogens is 188 g/mol. The first-order chi connectivity index (χ1) is 4.83. The van der Waals surface area contributed by atoms with E-state index in [1.807, 2.05) is 0 Å². The van der Waals surface area contributed by atoms with Crippen molar-refractivity contribution in [1.29, 1.82) is 0 Å². The molecule has 1 aliphatic rings. The summed E-state index contributed by atoms with van der Waals surface area (Å²) < 4.78 is 0. The van der Waals surface area contributed by atoms with Crippen molar-refractivity contribution >= 4 is 15.9 Å². The van der Waals surface area contributed by atoms with E-state index in [0.29, 0.717) is 0 Å². The van der Waals surface area contributed by atoms with Crippen LogP contribution in [0, 0.1) is 11.8 Å². The lowest BCUT2D eigenvalue weighted by Crippen LogP contribution is -1.99. The second-order valence-electron chi connectivity index (χ2n) is 3.63. The predicted octanol–water partition coefficient (Wildman–Crippen LogP) is 3.60. The first-order valence-corrected chi connectivity index (χ1v) is 5.51. The van der Waals surface area contributed by atoms with Gasteiger partial charge in [-0.25, -0.2) is 0 Å². The van der Waals surface area contributed by atoms with Gasteiger partial charge in [0.2, 0.25) is 0 Å². The minimum atomic E-state index is 0.977. The molecule has 0 aromatic heterocycles. The highest BCUT2D eigenvalue weighted by molar-refractivity contribution is 9.09. The minimum absolute atomic E-state index is 0.977. The van der Waals surface area contributed by atoms with E-state index >= 15 is 0 Å². The Morgan fingerprint density at radius 1 is 1.20 bits per heavy atom. The van der Waals surface area contributed by atoms with Crippen molar-refractivity contribution in [2.24, 2.45) is 11.8 Å². The first kappa shape index (κ1) is 8.58. The molecule has 0 spiro atoms. The second-order valence-corrected chi connectivity index (χ2v) is 4.28. The Bertz CT molecular complexity index is 90.7. The van der Waals surface area contributed by atoms with E-state index in [1.165, 1.54) is 37.4 Å². The lowest BCUT2D eigenvalue weighted by atomic mass is 10.0. The van der Waals surface area contributed by atoms with Crippen LogP contribution in [0.4, 0.5) is 0 Å². The fourth-order valence-electron chi connectivity index (χ4n) is 1.72. The Labute approximate surface area is 72.5 Å². The van der Waals surface area contributed by atoms with Crippen LogP contribution in [-0.4, -0.2) is 5.33 Å². The number of rotatable bonds is 1. The molecule has 0 nitrogen and oxygen atoms in total. The quantitative estimate of drug-likeness (QED) is 0.453. The van der Waals surface area contributed by atoms with Gasteiger partial charge in [-0.15, -0.1) is 0 Å². The zero-order valence-electron chi connectivity index (χ0n) is 6.78. The van der Waals surface area contributed by atoms with Gasteiger partial charge in [0.1, 0.15) is 0 Å². The van der Waals surface area contributed by atoms with Crippen LogP contribution in [0.3, 0.4) is 0 Å². The van der Waals surface area contributed by atoms with Crippen molar-refractivity contribution in [2.75, 3.05) is 5.33 Å². The Kier molecular flexibility index (Phi) is 3.75. The van der Waals surface area contributed by atoms with E-state index in [4.69, 9.17) is 0 Å². The fraction of sp³-hybridized carbons (Fsp3) is 1.00. The zero-order chi connectivity index (χ0) is 7.40. The summed E-state index contributed by atoms with van der Waals surface area (Å²) in [6.45, 7) is 2.39.